The van der Waals surface area contributed by atoms with E-state index >= 15 is 0 Å². The minimum Gasteiger partial charge on any atom is -0.481 e. The highest BCUT2D eigenvalue weighted by molar-refractivity contribution is 5.92. The number of aromatic nitrogens is 2. The summed E-state index contributed by atoms with van der Waals surface area (Å²) in [6.45, 7) is 3.13. The summed E-state index contributed by atoms with van der Waals surface area (Å²) >= 11 is 0. The molecule has 0 aliphatic heterocycles. The Balaban J connectivity index is 2.72. The van der Waals surface area contributed by atoms with Gasteiger partial charge in [-0.3, -0.25) is 19.2 Å². The van der Waals surface area contributed by atoms with Crippen molar-refractivity contribution < 1.29 is 34.2 Å². The summed E-state index contributed by atoms with van der Waals surface area (Å²) in [7, 11) is 0. The molecule has 13 nitrogen and oxygen atoms in total. The predicted molar refractivity (Wildman–Crippen MR) is 111 cm³/mol. The van der Waals surface area contributed by atoms with Gasteiger partial charge < -0.3 is 36.9 Å². The second-order valence-electron chi connectivity index (χ2n) is 7.69. The van der Waals surface area contributed by atoms with Gasteiger partial charge >= 0.3 is 11.9 Å². The molecule has 0 fully saturated rings. The number of carbonyl (C=O) groups excluding carboxylic acids is 3. The predicted octanol–water partition coefficient (Wildman–Crippen LogP) is -1.64. The van der Waals surface area contributed by atoms with Gasteiger partial charge in [0, 0.05) is 24.7 Å². The van der Waals surface area contributed by atoms with Crippen LogP contribution in [0.2, 0.25) is 0 Å². The van der Waals surface area contributed by atoms with E-state index < -0.39 is 54.3 Å². The summed E-state index contributed by atoms with van der Waals surface area (Å²) < 4.78 is 0. The normalized spacial score (nSPS) is 13.6. The van der Waals surface area contributed by atoms with Crippen LogP contribution in [0, 0.1) is 5.92 Å². The molecule has 0 aliphatic rings. The van der Waals surface area contributed by atoms with Crippen molar-refractivity contribution >= 4 is 29.7 Å². The molecular weight excluding hydrogens is 424 g/mol. The summed E-state index contributed by atoms with van der Waals surface area (Å²) in [6.07, 6.45) is 2.64. The standard InChI is InChI=1S/C19H30N6O7/c1-10(2)5-14(19(31)32)24-15(26)8-22-18(30)13(6-11-7-21-9-23-11)25-17(29)12(20)3-4-16(27)28/h7,9-10,12-14H,3-6,8,20H2,1-2H3,(H,21,23)(H,22,30)(H,24,26)(H,25,29)(H,27,28)(H,31,32). The number of carboxylic acids is 2. The molecule has 3 atom stereocenters. The molecule has 0 saturated heterocycles. The maximum absolute atomic E-state index is 12.6. The Labute approximate surface area is 184 Å². The van der Waals surface area contributed by atoms with Gasteiger partial charge in [-0.25, -0.2) is 9.78 Å². The van der Waals surface area contributed by atoms with E-state index in [-0.39, 0.29) is 31.6 Å². The first-order valence-corrected chi connectivity index (χ1v) is 10.0. The lowest BCUT2D eigenvalue weighted by Gasteiger charge is -2.21. The van der Waals surface area contributed by atoms with Crippen LogP contribution in [0.5, 0.6) is 0 Å². The number of aromatic amines is 1. The second kappa shape index (κ2) is 13.0. The van der Waals surface area contributed by atoms with Crippen LogP contribution in [-0.2, 0) is 30.4 Å². The van der Waals surface area contributed by atoms with Crippen molar-refractivity contribution in [3.05, 3.63) is 18.2 Å². The van der Waals surface area contributed by atoms with E-state index in [0.29, 0.717) is 5.69 Å². The first-order chi connectivity index (χ1) is 15.0. The monoisotopic (exact) mass is 454 g/mol. The summed E-state index contributed by atoms with van der Waals surface area (Å²) in [5.41, 5.74) is 6.21. The Kier molecular flexibility index (Phi) is 10.8. The Hall–Kier alpha value is -3.48. The zero-order valence-corrected chi connectivity index (χ0v) is 18.0. The molecule has 0 bridgehead atoms. The van der Waals surface area contributed by atoms with Gasteiger partial charge in [0.25, 0.3) is 0 Å². The number of amides is 3. The third-order valence-electron chi connectivity index (χ3n) is 4.38. The summed E-state index contributed by atoms with van der Waals surface area (Å²) in [5.74, 6) is -4.38. The highest BCUT2D eigenvalue weighted by atomic mass is 16.4. The summed E-state index contributed by atoms with van der Waals surface area (Å²) in [5, 5.41) is 25.1. The van der Waals surface area contributed by atoms with Crippen LogP contribution < -0.4 is 21.7 Å². The molecular formula is C19H30N6O7. The SMILES string of the molecule is CC(C)CC(NC(=O)CNC(=O)C(Cc1cnc[nH]1)NC(=O)C(N)CCC(=O)O)C(=O)O. The molecule has 32 heavy (non-hydrogen) atoms. The third kappa shape index (κ3) is 10.0. The van der Waals surface area contributed by atoms with Gasteiger partial charge in [-0.2, -0.15) is 0 Å². The Bertz CT molecular complexity index is 796. The zero-order chi connectivity index (χ0) is 24.3. The fourth-order valence-corrected chi connectivity index (χ4v) is 2.74. The van der Waals surface area contributed by atoms with Gasteiger partial charge in [-0.1, -0.05) is 13.8 Å². The first kappa shape index (κ1) is 26.6. The maximum Gasteiger partial charge on any atom is 0.326 e. The van der Waals surface area contributed by atoms with Crippen molar-refractivity contribution in [3.63, 3.8) is 0 Å². The van der Waals surface area contributed by atoms with E-state index in [2.05, 4.69) is 25.9 Å². The number of H-pyrrole nitrogens is 1. The molecule has 0 saturated carbocycles. The molecule has 8 N–H and O–H groups in total. The van der Waals surface area contributed by atoms with Crippen LogP contribution in [0.25, 0.3) is 0 Å². The average Bonchev–Trinajstić information content (AvgIpc) is 3.21. The lowest BCUT2D eigenvalue weighted by atomic mass is 10.0. The molecule has 1 heterocycles. The van der Waals surface area contributed by atoms with E-state index in [4.69, 9.17) is 10.8 Å². The molecule has 1 aromatic rings. The van der Waals surface area contributed by atoms with Crippen LogP contribution in [0.4, 0.5) is 0 Å². The smallest absolute Gasteiger partial charge is 0.326 e. The molecule has 0 radical (unpaired) electrons. The largest absolute Gasteiger partial charge is 0.481 e. The molecule has 0 aromatic carbocycles. The van der Waals surface area contributed by atoms with Crippen LogP contribution in [0.15, 0.2) is 12.5 Å². The highest BCUT2D eigenvalue weighted by Crippen LogP contribution is 2.05. The fraction of sp³-hybridized carbons (Fsp3) is 0.579. The number of nitrogens with one attached hydrogen (secondary N) is 4. The number of nitrogens with two attached hydrogens (primary N) is 1. The number of hydrogen-bond donors (Lipinski definition) is 7. The number of hydrogen-bond acceptors (Lipinski definition) is 7. The minimum atomic E-state index is -1.18. The van der Waals surface area contributed by atoms with Gasteiger partial charge in [-0.15, -0.1) is 0 Å². The topological polar surface area (TPSA) is 217 Å². The molecule has 3 unspecified atom stereocenters. The van der Waals surface area contributed by atoms with Crippen molar-refractivity contribution in [2.75, 3.05) is 6.54 Å². The molecule has 13 heteroatoms. The second-order valence-corrected chi connectivity index (χ2v) is 7.69. The van der Waals surface area contributed by atoms with Gasteiger partial charge in [0.15, 0.2) is 0 Å². The fourth-order valence-electron chi connectivity index (χ4n) is 2.74. The van der Waals surface area contributed by atoms with Crippen molar-refractivity contribution in [1.82, 2.24) is 25.9 Å². The quantitative estimate of drug-likeness (QED) is 0.171. The van der Waals surface area contributed by atoms with Gasteiger partial charge in [-0.05, 0) is 18.8 Å². The lowest BCUT2D eigenvalue weighted by Crippen LogP contribution is -2.54. The van der Waals surface area contributed by atoms with Crippen molar-refractivity contribution in [2.45, 2.75) is 57.7 Å². The number of nitrogens with zero attached hydrogens (tertiary/aromatic N) is 1. The maximum atomic E-state index is 12.6. The Morgan fingerprint density at radius 3 is 2.31 bits per heavy atom. The number of rotatable bonds is 14. The first-order valence-electron chi connectivity index (χ1n) is 10.0. The number of carbonyl (C=O) groups is 5. The van der Waals surface area contributed by atoms with E-state index in [1.54, 1.807) is 0 Å². The minimum absolute atomic E-state index is 0.00986. The van der Waals surface area contributed by atoms with Crippen LogP contribution in [0.3, 0.4) is 0 Å². The number of imidazole rings is 1. The van der Waals surface area contributed by atoms with Gasteiger partial charge in [0.05, 0.1) is 18.9 Å². The van der Waals surface area contributed by atoms with E-state index in [0.717, 1.165) is 0 Å². The molecule has 0 aliphatic carbocycles. The van der Waals surface area contributed by atoms with Gasteiger partial charge in [0.2, 0.25) is 17.7 Å². The average molecular weight is 454 g/mol. The van der Waals surface area contributed by atoms with Crippen LogP contribution in [-0.4, -0.2) is 74.5 Å². The van der Waals surface area contributed by atoms with Crippen molar-refractivity contribution in [3.8, 4) is 0 Å². The lowest BCUT2D eigenvalue weighted by molar-refractivity contribution is -0.142. The van der Waals surface area contributed by atoms with Crippen LogP contribution >= 0.6 is 0 Å². The third-order valence-corrected chi connectivity index (χ3v) is 4.38. The highest BCUT2D eigenvalue weighted by Gasteiger charge is 2.26. The van der Waals surface area contributed by atoms with E-state index in [1.165, 1.54) is 12.5 Å². The molecule has 0 spiro atoms. The molecule has 178 valence electrons. The Morgan fingerprint density at radius 2 is 1.78 bits per heavy atom. The summed E-state index contributed by atoms with van der Waals surface area (Å²) in [6, 6.07) is -3.36. The molecule has 1 aromatic heterocycles. The van der Waals surface area contributed by atoms with Crippen molar-refractivity contribution in [2.24, 2.45) is 11.7 Å². The molecule has 1 rings (SSSR count). The van der Waals surface area contributed by atoms with Crippen LogP contribution in [0.1, 0.15) is 38.8 Å². The van der Waals surface area contributed by atoms with E-state index in [9.17, 15) is 29.1 Å². The van der Waals surface area contributed by atoms with Crippen molar-refractivity contribution in [1.29, 1.82) is 0 Å². The Morgan fingerprint density at radius 1 is 1.09 bits per heavy atom. The van der Waals surface area contributed by atoms with E-state index in [1.807, 2.05) is 13.8 Å². The number of aliphatic carboxylic acids is 2. The number of carboxylic acid groups (broad SMARTS) is 2. The molecule has 3 amide bonds. The van der Waals surface area contributed by atoms with Gasteiger partial charge in [0.1, 0.15) is 12.1 Å². The summed E-state index contributed by atoms with van der Waals surface area (Å²) in [4.78, 5) is 65.5. The zero-order valence-electron chi connectivity index (χ0n) is 18.0.